The number of hydrogen-bond donors (Lipinski definition) is 1. The zero-order chi connectivity index (χ0) is 15.2. The molecular weight excluding hydrogens is 266 g/mol. The summed E-state index contributed by atoms with van der Waals surface area (Å²) in [6, 6.07) is 11.1. The molecule has 5 nitrogen and oxygen atoms in total. The van der Waals surface area contributed by atoms with E-state index in [0.717, 1.165) is 5.75 Å². The van der Waals surface area contributed by atoms with Gasteiger partial charge in [0.15, 0.2) is 0 Å². The molecule has 110 valence electrons. The Balaban J connectivity index is 1.83. The summed E-state index contributed by atoms with van der Waals surface area (Å²) >= 11 is 0. The van der Waals surface area contributed by atoms with E-state index in [1.807, 2.05) is 31.2 Å². The normalized spacial score (nSPS) is 10.2. The Morgan fingerprint density at radius 1 is 1.24 bits per heavy atom. The van der Waals surface area contributed by atoms with Gasteiger partial charge < -0.3 is 15.4 Å². The monoisotopic (exact) mass is 285 g/mol. The van der Waals surface area contributed by atoms with E-state index < -0.39 is 0 Å². The number of pyridine rings is 1. The van der Waals surface area contributed by atoms with Gasteiger partial charge >= 0.3 is 0 Å². The summed E-state index contributed by atoms with van der Waals surface area (Å²) in [6.07, 6.45) is 1.48. The number of ether oxygens (including phenoxy) is 1. The largest absolute Gasteiger partial charge is 0.492 e. The first-order chi connectivity index (χ1) is 10.1. The van der Waals surface area contributed by atoms with Gasteiger partial charge in [0.25, 0.3) is 5.91 Å². The number of likely N-dealkylation sites (N-methyl/N-ethyl adjacent to an activating group) is 1. The van der Waals surface area contributed by atoms with E-state index in [1.54, 1.807) is 24.1 Å². The van der Waals surface area contributed by atoms with Gasteiger partial charge in [0.2, 0.25) is 0 Å². The lowest BCUT2D eigenvalue weighted by Gasteiger charge is -2.17. The molecule has 2 aromatic rings. The van der Waals surface area contributed by atoms with Crippen LogP contribution >= 0.6 is 0 Å². The highest BCUT2D eigenvalue weighted by Gasteiger charge is 2.12. The van der Waals surface area contributed by atoms with E-state index in [2.05, 4.69) is 4.98 Å². The van der Waals surface area contributed by atoms with Crippen molar-refractivity contribution in [3.8, 4) is 5.75 Å². The molecule has 0 radical (unpaired) electrons. The van der Waals surface area contributed by atoms with Crippen molar-refractivity contribution in [3.63, 3.8) is 0 Å². The van der Waals surface area contributed by atoms with Crippen LogP contribution < -0.4 is 10.5 Å². The van der Waals surface area contributed by atoms with Crippen molar-refractivity contribution >= 4 is 11.6 Å². The minimum atomic E-state index is -0.150. The third-order valence-corrected chi connectivity index (χ3v) is 3.07. The number of aryl methyl sites for hydroxylation is 1. The number of nitrogens with two attached hydrogens (primary N) is 1. The highest BCUT2D eigenvalue weighted by molar-refractivity contribution is 5.92. The summed E-state index contributed by atoms with van der Waals surface area (Å²) in [4.78, 5) is 17.7. The fraction of sp³-hybridized carbons (Fsp3) is 0.250. The third kappa shape index (κ3) is 4.21. The fourth-order valence-corrected chi connectivity index (χ4v) is 1.76. The Hall–Kier alpha value is -2.56. The van der Waals surface area contributed by atoms with Crippen LogP contribution in [0, 0.1) is 6.92 Å². The maximum absolute atomic E-state index is 12.1. The second-order valence-electron chi connectivity index (χ2n) is 4.86. The molecule has 0 spiro atoms. The van der Waals surface area contributed by atoms with Gasteiger partial charge in [0, 0.05) is 7.05 Å². The number of carbonyl (C=O) groups excluding carboxylic acids is 1. The molecule has 0 saturated heterocycles. The third-order valence-electron chi connectivity index (χ3n) is 3.07. The lowest BCUT2D eigenvalue weighted by molar-refractivity contribution is 0.0768. The molecular formula is C16H19N3O2. The standard InChI is InChI=1S/C16H19N3O2/c1-12-3-6-14(7-4-12)21-10-9-19(2)16(20)15-8-5-13(17)11-18-15/h3-8,11H,9-10,17H2,1-2H3. The van der Waals surface area contributed by atoms with Crippen molar-refractivity contribution in [3.05, 3.63) is 53.9 Å². The van der Waals surface area contributed by atoms with Crippen LogP contribution in [0.3, 0.4) is 0 Å². The number of benzene rings is 1. The first kappa shape index (κ1) is 14.8. The number of hydrogen-bond acceptors (Lipinski definition) is 4. The van der Waals surface area contributed by atoms with Crippen molar-refractivity contribution in [1.82, 2.24) is 9.88 Å². The van der Waals surface area contributed by atoms with Gasteiger partial charge in [0.1, 0.15) is 18.1 Å². The van der Waals surface area contributed by atoms with E-state index in [1.165, 1.54) is 11.8 Å². The van der Waals surface area contributed by atoms with Crippen molar-refractivity contribution in [2.24, 2.45) is 0 Å². The van der Waals surface area contributed by atoms with Gasteiger partial charge in [-0.15, -0.1) is 0 Å². The molecule has 0 aliphatic carbocycles. The summed E-state index contributed by atoms with van der Waals surface area (Å²) in [7, 11) is 1.72. The average Bonchev–Trinajstić information content (AvgIpc) is 2.49. The van der Waals surface area contributed by atoms with Gasteiger partial charge in [-0.2, -0.15) is 0 Å². The predicted molar refractivity (Wildman–Crippen MR) is 82.3 cm³/mol. The average molecular weight is 285 g/mol. The lowest BCUT2D eigenvalue weighted by atomic mass is 10.2. The molecule has 1 amide bonds. The first-order valence-corrected chi connectivity index (χ1v) is 6.73. The Morgan fingerprint density at radius 2 is 1.95 bits per heavy atom. The molecule has 2 rings (SSSR count). The van der Waals surface area contributed by atoms with E-state index in [0.29, 0.717) is 24.5 Å². The van der Waals surface area contributed by atoms with Crippen LogP contribution in [-0.2, 0) is 0 Å². The van der Waals surface area contributed by atoms with Crippen molar-refractivity contribution in [2.75, 3.05) is 25.9 Å². The number of rotatable bonds is 5. The summed E-state index contributed by atoms with van der Waals surface area (Å²) in [5.41, 5.74) is 7.65. The molecule has 0 aliphatic heterocycles. The van der Waals surface area contributed by atoms with E-state index >= 15 is 0 Å². The molecule has 0 unspecified atom stereocenters. The van der Waals surface area contributed by atoms with Gasteiger partial charge in [-0.1, -0.05) is 17.7 Å². The first-order valence-electron chi connectivity index (χ1n) is 6.73. The van der Waals surface area contributed by atoms with Crippen molar-refractivity contribution < 1.29 is 9.53 Å². The quantitative estimate of drug-likeness (QED) is 0.913. The van der Waals surface area contributed by atoms with E-state index in [-0.39, 0.29) is 5.91 Å². The number of aromatic nitrogens is 1. The second kappa shape index (κ2) is 6.74. The SMILES string of the molecule is Cc1ccc(OCCN(C)C(=O)c2ccc(N)cn2)cc1. The maximum atomic E-state index is 12.1. The summed E-state index contributed by atoms with van der Waals surface area (Å²) in [5.74, 6) is 0.648. The molecule has 1 aromatic heterocycles. The molecule has 1 heterocycles. The molecule has 5 heteroatoms. The predicted octanol–water partition coefficient (Wildman–Crippen LogP) is 2.12. The van der Waals surface area contributed by atoms with Gasteiger partial charge in [-0.3, -0.25) is 4.79 Å². The van der Waals surface area contributed by atoms with Crippen LogP contribution in [0.2, 0.25) is 0 Å². The smallest absolute Gasteiger partial charge is 0.272 e. The minimum absolute atomic E-state index is 0.150. The van der Waals surface area contributed by atoms with Gasteiger partial charge in [-0.05, 0) is 31.2 Å². The number of amides is 1. The van der Waals surface area contributed by atoms with E-state index in [4.69, 9.17) is 10.5 Å². The molecule has 0 aliphatic rings. The fourth-order valence-electron chi connectivity index (χ4n) is 1.76. The highest BCUT2D eigenvalue weighted by Crippen LogP contribution is 2.11. The Bertz CT molecular complexity index is 594. The number of nitrogens with zero attached hydrogens (tertiary/aromatic N) is 2. The number of carbonyl (C=O) groups is 1. The highest BCUT2D eigenvalue weighted by atomic mass is 16.5. The molecule has 0 atom stereocenters. The van der Waals surface area contributed by atoms with Crippen LogP contribution in [0.15, 0.2) is 42.6 Å². The van der Waals surface area contributed by atoms with Gasteiger partial charge in [0.05, 0.1) is 18.4 Å². The Labute approximate surface area is 124 Å². The zero-order valence-electron chi connectivity index (χ0n) is 12.2. The Kier molecular flexibility index (Phi) is 4.77. The lowest BCUT2D eigenvalue weighted by Crippen LogP contribution is -2.31. The van der Waals surface area contributed by atoms with Crippen LogP contribution in [0.4, 0.5) is 5.69 Å². The van der Waals surface area contributed by atoms with Crippen molar-refractivity contribution in [2.45, 2.75) is 6.92 Å². The summed E-state index contributed by atoms with van der Waals surface area (Å²) in [6.45, 7) is 2.94. The number of anilines is 1. The molecule has 21 heavy (non-hydrogen) atoms. The summed E-state index contributed by atoms with van der Waals surface area (Å²) < 4.78 is 5.60. The molecule has 1 aromatic carbocycles. The second-order valence-corrected chi connectivity index (χ2v) is 4.86. The topological polar surface area (TPSA) is 68.5 Å². The van der Waals surface area contributed by atoms with E-state index in [9.17, 15) is 4.79 Å². The minimum Gasteiger partial charge on any atom is -0.492 e. The van der Waals surface area contributed by atoms with Crippen LogP contribution in [0.5, 0.6) is 5.75 Å². The van der Waals surface area contributed by atoms with Crippen LogP contribution in [0.1, 0.15) is 16.1 Å². The van der Waals surface area contributed by atoms with Crippen molar-refractivity contribution in [1.29, 1.82) is 0 Å². The molecule has 2 N–H and O–H groups in total. The zero-order valence-corrected chi connectivity index (χ0v) is 12.2. The molecule has 0 fully saturated rings. The summed E-state index contributed by atoms with van der Waals surface area (Å²) in [5, 5.41) is 0. The number of nitrogen functional groups attached to an aromatic ring is 1. The van der Waals surface area contributed by atoms with Gasteiger partial charge in [-0.25, -0.2) is 4.98 Å². The van der Waals surface area contributed by atoms with Crippen LogP contribution in [0.25, 0.3) is 0 Å². The molecule has 0 bridgehead atoms. The van der Waals surface area contributed by atoms with Crippen LogP contribution in [-0.4, -0.2) is 36.0 Å². The Morgan fingerprint density at radius 3 is 2.57 bits per heavy atom. The molecule has 0 saturated carbocycles. The maximum Gasteiger partial charge on any atom is 0.272 e.